The summed E-state index contributed by atoms with van der Waals surface area (Å²) in [6, 6.07) is 10.3. The van der Waals surface area contributed by atoms with Crippen LogP contribution in [0.5, 0.6) is 0 Å². The molecule has 0 radical (unpaired) electrons. The van der Waals surface area contributed by atoms with Crippen LogP contribution in [0.4, 0.5) is 11.5 Å². The fourth-order valence-corrected chi connectivity index (χ4v) is 1.87. The van der Waals surface area contributed by atoms with E-state index in [1.165, 1.54) is 6.07 Å². The number of nitriles is 1. The molecule has 0 amide bonds. The molecule has 0 saturated carbocycles. The Labute approximate surface area is 115 Å². The summed E-state index contributed by atoms with van der Waals surface area (Å²) in [4.78, 5) is 14.8. The molecule has 0 unspecified atom stereocenters. The van der Waals surface area contributed by atoms with Crippen molar-refractivity contribution < 1.29 is 4.92 Å². The van der Waals surface area contributed by atoms with Crippen molar-refractivity contribution >= 4 is 11.5 Å². The lowest BCUT2D eigenvalue weighted by molar-refractivity contribution is -0.385. The zero-order valence-corrected chi connectivity index (χ0v) is 11.0. The Balaban J connectivity index is 2.55. The van der Waals surface area contributed by atoms with Gasteiger partial charge in [-0.1, -0.05) is 12.1 Å². The zero-order valence-electron chi connectivity index (χ0n) is 11.0. The number of anilines is 1. The van der Waals surface area contributed by atoms with Crippen LogP contribution in [0.15, 0.2) is 30.3 Å². The van der Waals surface area contributed by atoms with Crippen LogP contribution >= 0.6 is 0 Å². The van der Waals surface area contributed by atoms with Crippen LogP contribution in [0.2, 0.25) is 0 Å². The van der Waals surface area contributed by atoms with Gasteiger partial charge in [0.25, 0.3) is 5.69 Å². The van der Waals surface area contributed by atoms with Crippen molar-refractivity contribution in [3.63, 3.8) is 0 Å². The van der Waals surface area contributed by atoms with Gasteiger partial charge >= 0.3 is 0 Å². The summed E-state index contributed by atoms with van der Waals surface area (Å²) in [5.74, 6) is 0.452. The second kappa shape index (κ2) is 5.36. The van der Waals surface area contributed by atoms with Gasteiger partial charge in [-0.2, -0.15) is 5.26 Å². The van der Waals surface area contributed by atoms with E-state index in [1.54, 1.807) is 38.2 Å². The lowest BCUT2D eigenvalue weighted by Crippen LogP contribution is -1.98. The Morgan fingerprint density at radius 1 is 1.35 bits per heavy atom. The predicted molar refractivity (Wildman–Crippen MR) is 75.3 cm³/mol. The number of nitro benzene ring substituents is 1. The molecular weight excluding hydrogens is 256 g/mol. The van der Waals surface area contributed by atoms with Crippen LogP contribution in [0.1, 0.15) is 11.1 Å². The highest BCUT2D eigenvalue weighted by Crippen LogP contribution is 2.27. The number of hydrogen-bond donors (Lipinski definition) is 1. The summed E-state index contributed by atoms with van der Waals surface area (Å²) in [6.07, 6.45) is 0. The lowest BCUT2D eigenvalue weighted by Gasteiger charge is -2.07. The molecule has 1 aromatic carbocycles. The monoisotopic (exact) mass is 268 g/mol. The van der Waals surface area contributed by atoms with E-state index in [0.717, 1.165) is 0 Å². The number of rotatable bonds is 3. The minimum atomic E-state index is -0.415. The highest BCUT2D eigenvalue weighted by Gasteiger charge is 2.13. The topological polar surface area (TPSA) is 91.8 Å². The molecule has 20 heavy (non-hydrogen) atoms. The van der Waals surface area contributed by atoms with Crippen LogP contribution < -0.4 is 5.32 Å². The average Bonchev–Trinajstić information content (AvgIpc) is 2.46. The van der Waals surface area contributed by atoms with E-state index in [4.69, 9.17) is 5.26 Å². The fraction of sp³-hybridized carbons (Fsp3) is 0.143. The number of pyridine rings is 1. The first-order valence-corrected chi connectivity index (χ1v) is 5.91. The van der Waals surface area contributed by atoms with E-state index in [9.17, 15) is 10.1 Å². The van der Waals surface area contributed by atoms with Gasteiger partial charge in [-0.25, -0.2) is 4.98 Å². The third-order valence-corrected chi connectivity index (χ3v) is 2.95. The summed E-state index contributed by atoms with van der Waals surface area (Å²) in [6.45, 7) is 1.69. The van der Waals surface area contributed by atoms with Crippen LogP contribution in [0.25, 0.3) is 11.3 Å². The van der Waals surface area contributed by atoms with Crippen LogP contribution in [0, 0.1) is 28.4 Å². The minimum absolute atomic E-state index is 0.0552. The van der Waals surface area contributed by atoms with Gasteiger partial charge < -0.3 is 5.32 Å². The first-order valence-electron chi connectivity index (χ1n) is 5.91. The number of nitrogens with one attached hydrogen (secondary N) is 1. The molecule has 0 aliphatic carbocycles. The highest BCUT2D eigenvalue weighted by molar-refractivity contribution is 5.67. The number of benzene rings is 1. The molecule has 0 fully saturated rings. The molecule has 0 bridgehead atoms. The van der Waals surface area contributed by atoms with Crippen molar-refractivity contribution in [1.82, 2.24) is 4.98 Å². The van der Waals surface area contributed by atoms with Gasteiger partial charge in [0.05, 0.1) is 16.2 Å². The average molecular weight is 268 g/mol. The van der Waals surface area contributed by atoms with Gasteiger partial charge in [-0.05, 0) is 19.1 Å². The van der Waals surface area contributed by atoms with E-state index < -0.39 is 4.92 Å². The molecule has 1 N–H and O–H groups in total. The van der Waals surface area contributed by atoms with Gasteiger partial charge in [0.1, 0.15) is 11.9 Å². The molecule has 0 saturated heterocycles. The normalized spacial score (nSPS) is 9.85. The molecule has 6 nitrogen and oxygen atoms in total. The molecule has 0 aliphatic rings. The number of nitrogens with zero attached hydrogens (tertiary/aromatic N) is 3. The number of aromatic nitrogens is 1. The highest BCUT2D eigenvalue weighted by atomic mass is 16.6. The largest absolute Gasteiger partial charge is 0.372 e. The smallest absolute Gasteiger partial charge is 0.272 e. The lowest BCUT2D eigenvalue weighted by atomic mass is 10.1. The molecule has 2 rings (SSSR count). The van der Waals surface area contributed by atoms with Crippen molar-refractivity contribution in [2.75, 3.05) is 12.4 Å². The molecule has 2 aromatic rings. The van der Waals surface area contributed by atoms with Gasteiger partial charge in [-0.15, -0.1) is 0 Å². The molecule has 0 atom stereocenters. The Hall–Kier alpha value is -2.94. The number of aryl methyl sites for hydroxylation is 1. The van der Waals surface area contributed by atoms with Gasteiger partial charge in [0.15, 0.2) is 0 Å². The van der Waals surface area contributed by atoms with Crippen molar-refractivity contribution in [3.8, 4) is 17.3 Å². The second-order valence-electron chi connectivity index (χ2n) is 4.21. The standard InChI is InChI=1S/C14H12N4O2/c1-9-3-4-10(7-13(9)18(19)20)12-6-5-11(8-15)14(16-2)17-12/h3-7H,1-2H3,(H,16,17). The first kappa shape index (κ1) is 13.5. The van der Waals surface area contributed by atoms with E-state index in [-0.39, 0.29) is 5.69 Å². The number of hydrogen-bond acceptors (Lipinski definition) is 5. The van der Waals surface area contributed by atoms with E-state index in [1.807, 2.05) is 6.07 Å². The fourth-order valence-electron chi connectivity index (χ4n) is 1.87. The van der Waals surface area contributed by atoms with E-state index in [0.29, 0.717) is 28.2 Å². The van der Waals surface area contributed by atoms with Crippen molar-refractivity contribution in [3.05, 3.63) is 51.6 Å². The van der Waals surface area contributed by atoms with Crippen molar-refractivity contribution in [2.24, 2.45) is 0 Å². The van der Waals surface area contributed by atoms with Gasteiger partial charge in [0.2, 0.25) is 0 Å². The first-order chi connectivity index (χ1) is 9.56. The number of nitro groups is 1. The van der Waals surface area contributed by atoms with Gasteiger partial charge in [0, 0.05) is 24.2 Å². The summed E-state index contributed by atoms with van der Waals surface area (Å²) in [7, 11) is 1.67. The molecule has 1 heterocycles. The second-order valence-corrected chi connectivity index (χ2v) is 4.21. The van der Waals surface area contributed by atoms with Crippen LogP contribution in [0.3, 0.4) is 0 Å². The molecule has 100 valence electrons. The molecule has 1 aromatic heterocycles. The molecule has 0 aliphatic heterocycles. The van der Waals surface area contributed by atoms with Crippen LogP contribution in [-0.2, 0) is 0 Å². The Morgan fingerprint density at radius 2 is 2.10 bits per heavy atom. The van der Waals surface area contributed by atoms with Gasteiger partial charge in [-0.3, -0.25) is 10.1 Å². The van der Waals surface area contributed by atoms with Crippen molar-refractivity contribution in [1.29, 1.82) is 5.26 Å². The summed E-state index contributed by atoms with van der Waals surface area (Å²) < 4.78 is 0. The summed E-state index contributed by atoms with van der Waals surface area (Å²) >= 11 is 0. The maximum atomic E-state index is 11.0. The van der Waals surface area contributed by atoms with Crippen LogP contribution in [-0.4, -0.2) is 17.0 Å². The summed E-state index contributed by atoms with van der Waals surface area (Å²) in [5, 5.41) is 22.7. The zero-order chi connectivity index (χ0) is 14.7. The molecular formula is C14H12N4O2. The maximum Gasteiger partial charge on any atom is 0.272 e. The van der Waals surface area contributed by atoms with E-state index >= 15 is 0 Å². The predicted octanol–water partition coefficient (Wildman–Crippen LogP) is 2.88. The Morgan fingerprint density at radius 3 is 2.70 bits per heavy atom. The third-order valence-electron chi connectivity index (χ3n) is 2.95. The maximum absolute atomic E-state index is 11.0. The Bertz CT molecular complexity index is 720. The molecule has 6 heteroatoms. The summed E-state index contributed by atoms with van der Waals surface area (Å²) in [5.41, 5.74) is 2.30. The van der Waals surface area contributed by atoms with E-state index in [2.05, 4.69) is 10.3 Å². The minimum Gasteiger partial charge on any atom is -0.372 e. The quantitative estimate of drug-likeness (QED) is 0.682. The molecule has 0 spiro atoms. The van der Waals surface area contributed by atoms with Crippen molar-refractivity contribution in [2.45, 2.75) is 6.92 Å². The Kier molecular flexibility index (Phi) is 3.62. The SMILES string of the molecule is CNc1nc(-c2ccc(C)c([N+](=O)[O-])c2)ccc1C#N. The third kappa shape index (κ3) is 2.42.